The van der Waals surface area contributed by atoms with Gasteiger partial charge in [-0.15, -0.1) is 0 Å². The second kappa shape index (κ2) is 7.17. The number of halogens is 1. The number of hydrogen-bond acceptors (Lipinski definition) is 3. The summed E-state index contributed by atoms with van der Waals surface area (Å²) in [6.07, 6.45) is 5.46. The molecule has 1 aliphatic rings. The largest absolute Gasteiger partial charge is 0.493 e. The van der Waals surface area contributed by atoms with Gasteiger partial charge in [0.25, 0.3) is 0 Å². The molecule has 0 unspecified atom stereocenters. The van der Waals surface area contributed by atoms with Crippen LogP contribution in [-0.4, -0.2) is 20.0 Å². The van der Waals surface area contributed by atoms with E-state index in [-0.39, 0.29) is 11.7 Å². The summed E-state index contributed by atoms with van der Waals surface area (Å²) in [7, 11) is 3.09. The topological polar surface area (TPSA) is 35.5 Å². The standard InChI is InChI=1S/C17H23ClO3/c1-4-11-5-7-12(8-6-11)16(19)13-9-14(18)17(21-3)15(10-13)20-2/h9-12H,4-8H2,1-3H3. The van der Waals surface area contributed by atoms with E-state index in [0.717, 1.165) is 31.6 Å². The fraction of sp³-hybridized carbons (Fsp3) is 0.588. The minimum Gasteiger partial charge on any atom is -0.493 e. The van der Waals surface area contributed by atoms with Crippen LogP contribution in [0.4, 0.5) is 0 Å². The number of methoxy groups -OCH3 is 2. The molecule has 116 valence electrons. The number of rotatable bonds is 5. The van der Waals surface area contributed by atoms with Crippen LogP contribution in [0.5, 0.6) is 11.5 Å². The average molecular weight is 311 g/mol. The minimum atomic E-state index is 0.113. The van der Waals surface area contributed by atoms with Gasteiger partial charge >= 0.3 is 0 Å². The zero-order valence-corrected chi connectivity index (χ0v) is 13.7. The molecule has 0 aromatic heterocycles. The number of carbonyl (C=O) groups is 1. The maximum atomic E-state index is 12.7. The third-order valence-corrected chi connectivity index (χ3v) is 4.79. The summed E-state index contributed by atoms with van der Waals surface area (Å²) in [6, 6.07) is 3.43. The Balaban J connectivity index is 2.18. The summed E-state index contributed by atoms with van der Waals surface area (Å²) < 4.78 is 10.5. The summed E-state index contributed by atoms with van der Waals surface area (Å²) in [5.74, 6) is 2.05. The first-order valence-corrected chi connectivity index (χ1v) is 7.94. The molecule has 1 aromatic carbocycles. The molecule has 0 heterocycles. The van der Waals surface area contributed by atoms with Crippen LogP contribution in [0.15, 0.2) is 12.1 Å². The molecule has 0 saturated heterocycles. The van der Waals surface area contributed by atoms with E-state index >= 15 is 0 Å². The van der Waals surface area contributed by atoms with Crippen LogP contribution in [0.2, 0.25) is 5.02 Å². The Labute approximate surface area is 131 Å². The summed E-state index contributed by atoms with van der Waals surface area (Å²) in [5.41, 5.74) is 0.623. The van der Waals surface area contributed by atoms with Gasteiger partial charge in [-0.3, -0.25) is 4.79 Å². The van der Waals surface area contributed by atoms with Gasteiger partial charge in [0.1, 0.15) is 0 Å². The van der Waals surface area contributed by atoms with Gasteiger partial charge in [-0.25, -0.2) is 0 Å². The molecule has 0 bridgehead atoms. The van der Waals surface area contributed by atoms with Crippen molar-refractivity contribution in [2.24, 2.45) is 11.8 Å². The van der Waals surface area contributed by atoms with E-state index in [2.05, 4.69) is 6.92 Å². The molecule has 1 saturated carbocycles. The Morgan fingerprint density at radius 3 is 2.38 bits per heavy atom. The monoisotopic (exact) mass is 310 g/mol. The molecular formula is C17H23ClO3. The van der Waals surface area contributed by atoms with E-state index in [9.17, 15) is 4.79 Å². The first-order chi connectivity index (χ1) is 10.1. The van der Waals surface area contributed by atoms with Crippen molar-refractivity contribution in [2.45, 2.75) is 39.0 Å². The van der Waals surface area contributed by atoms with Gasteiger partial charge in [-0.05, 0) is 43.7 Å². The summed E-state index contributed by atoms with van der Waals surface area (Å²) in [4.78, 5) is 12.7. The highest BCUT2D eigenvalue weighted by Crippen LogP contribution is 2.38. The first-order valence-electron chi connectivity index (χ1n) is 7.56. The Hall–Kier alpha value is -1.22. The van der Waals surface area contributed by atoms with Crippen molar-refractivity contribution in [3.63, 3.8) is 0 Å². The Morgan fingerprint density at radius 1 is 1.19 bits per heavy atom. The normalized spacial score (nSPS) is 21.9. The van der Waals surface area contributed by atoms with Gasteiger partial charge in [0, 0.05) is 11.5 Å². The molecule has 0 N–H and O–H groups in total. The van der Waals surface area contributed by atoms with Crippen LogP contribution in [0.25, 0.3) is 0 Å². The van der Waals surface area contributed by atoms with Crippen molar-refractivity contribution < 1.29 is 14.3 Å². The second-order valence-electron chi connectivity index (χ2n) is 5.68. The highest BCUT2D eigenvalue weighted by atomic mass is 35.5. The predicted molar refractivity (Wildman–Crippen MR) is 84.6 cm³/mol. The number of ether oxygens (including phenoxy) is 2. The van der Waals surface area contributed by atoms with Gasteiger partial charge in [0.2, 0.25) is 0 Å². The molecule has 4 heteroatoms. The fourth-order valence-electron chi connectivity index (χ4n) is 3.13. The molecule has 0 amide bonds. The van der Waals surface area contributed by atoms with Crippen LogP contribution < -0.4 is 9.47 Å². The van der Waals surface area contributed by atoms with E-state index in [1.807, 2.05) is 0 Å². The van der Waals surface area contributed by atoms with E-state index < -0.39 is 0 Å². The number of ketones is 1. The van der Waals surface area contributed by atoms with Gasteiger partial charge in [0.05, 0.1) is 19.2 Å². The number of carbonyl (C=O) groups excluding carboxylic acids is 1. The number of hydrogen-bond donors (Lipinski definition) is 0. The predicted octanol–water partition coefficient (Wildman–Crippen LogP) is 4.76. The lowest BCUT2D eigenvalue weighted by atomic mass is 9.78. The van der Waals surface area contributed by atoms with Crippen molar-refractivity contribution in [1.29, 1.82) is 0 Å². The Morgan fingerprint density at radius 2 is 1.86 bits per heavy atom. The van der Waals surface area contributed by atoms with Crippen LogP contribution >= 0.6 is 11.6 Å². The molecule has 1 aliphatic carbocycles. The molecule has 0 radical (unpaired) electrons. The zero-order valence-electron chi connectivity index (χ0n) is 12.9. The maximum absolute atomic E-state index is 12.7. The van der Waals surface area contributed by atoms with Gasteiger partial charge < -0.3 is 9.47 Å². The highest BCUT2D eigenvalue weighted by molar-refractivity contribution is 6.32. The van der Waals surface area contributed by atoms with Crippen LogP contribution in [0.3, 0.4) is 0 Å². The number of Topliss-reactive ketones (excluding diaryl/α,β-unsaturated/α-hetero) is 1. The van der Waals surface area contributed by atoms with Crippen molar-refractivity contribution in [3.05, 3.63) is 22.7 Å². The van der Waals surface area contributed by atoms with Crippen LogP contribution in [0.1, 0.15) is 49.4 Å². The first kappa shape index (κ1) is 16.2. The summed E-state index contributed by atoms with van der Waals surface area (Å²) in [6.45, 7) is 2.22. The van der Waals surface area contributed by atoms with Crippen LogP contribution in [-0.2, 0) is 0 Å². The second-order valence-corrected chi connectivity index (χ2v) is 6.09. The van der Waals surface area contributed by atoms with E-state index in [0.29, 0.717) is 22.1 Å². The van der Waals surface area contributed by atoms with Crippen molar-refractivity contribution in [3.8, 4) is 11.5 Å². The molecule has 2 rings (SSSR count). The molecule has 0 atom stereocenters. The summed E-state index contributed by atoms with van der Waals surface area (Å²) >= 11 is 6.18. The number of benzene rings is 1. The Bertz CT molecular complexity index is 505. The average Bonchev–Trinajstić information content (AvgIpc) is 2.53. The lowest BCUT2D eigenvalue weighted by Gasteiger charge is -2.27. The quantitative estimate of drug-likeness (QED) is 0.736. The van der Waals surface area contributed by atoms with E-state index in [4.69, 9.17) is 21.1 Å². The third-order valence-electron chi connectivity index (χ3n) is 4.51. The van der Waals surface area contributed by atoms with E-state index in [1.54, 1.807) is 19.2 Å². The lowest BCUT2D eigenvalue weighted by Crippen LogP contribution is -2.21. The van der Waals surface area contributed by atoms with Crippen molar-refractivity contribution in [1.82, 2.24) is 0 Å². The molecular weight excluding hydrogens is 288 g/mol. The maximum Gasteiger partial charge on any atom is 0.179 e. The molecule has 1 aromatic rings. The summed E-state index contributed by atoms with van der Waals surface area (Å²) in [5, 5.41) is 0.419. The third kappa shape index (κ3) is 3.52. The van der Waals surface area contributed by atoms with Crippen molar-refractivity contribution in [2.75, 3.05) is 14.2 Å². The molecule has 1 fully saturated rings. The van der Waals surface area contributed by atoms with E-state index in [1.165, 1.54) is 13.5 Å². The molecule has 21 heavy (non-hydrogen) atoms. The fourth-order valence-corrected chi connectivity index (χ4v) is 3.42. The van der Waals surface area contributed by atoms with Gasteiger partial charge in [-0.2, -0.15) is 0 Å². The van der Waals surface area contributed by atoms with Gasteiger partial charge in [-0.1, -0.05) is 24.9 Å². The lowest BCUT2D eigenvalue weighted by molar-refractivity contribution is 0.0870. The molecule has 0 spiro atoms. The zero-order chi connectivity index (χ0) is 15.4. The molecule has 0 aliphatic heterocycles. The van der Waals surface area contributed by atoms with Gasteiger partial charge in [0.15, 0.2) is 17.3 Å². The van der Waals surface area contributed by atoms with Crippen LogP contribution in [0, 0.1) is 11.8 Å². The molecule has 3 nitrogen and oxygen atoms in total. The van der Waals surface area contributed by atoms with Crippen molar-refractivity contribution >= 4 is 17.4 Å². The Kier molecular flexibility index (Phi) is 5.51. The highest BCUT2D eigenvalue weighted by Gasteiger charge is 2.27. The minimum absolute atomic E-state index is 0.113. The smallest absolute Gasteiger partial charge is 0.179 e. The SMILES string of the molecule is CCC1CCC(C(=O)c2cc(Cl)c(OC)c(OC)c2)CC1.